The fourth-order valence-electron chi connectivity index (χ4n) is 3.10. The van der Waals surface area contributed by atoms with Crippen LogP contribution in [0, 0.1) is 5.82 Å². The van der Waals surface area contributed by atoms with E-state index in [0.29, 0.717) is 26.1 Å². The van der Waals surface area contributed by atoms with Gasteiger partial charge in [-0.3, -0.25) is 5.10 Å². The van der Waals surface area contributed by atoms with Crippen LogP contribution in [0.1, 0.15) is 16.8 Å². The summed E-state index contributed by atoms with van der Waals surface area (Å²) in [7, 11) is 0. The van der Waals surface area contributed by atoms with Gasteiger partial charge in [0.05, 0.1) is 12.3 Å². The van der Waals surface area contributed by atoms with Crippen LogP contribution in [0.2, 0.25) is 0 Å². The number of nitrogens with one attached hydrogen (secondary N) is 2. The zero-order valence-corrected chi connectivity index (χ0v) is 14.3. The summed E-state index contributed by atoms with van der Waals surface area (Å²) < 4.78 is 24.5. The molecule has 0 saturated carbocycles. The molecule has 5 nitrogen and oxygen atoms in total. The highest BCUT2D eigenvalue weighted by Gasteiger charge is 2.16. The lowest BCUT2D eigenvalue weighted by molar-refractivity contribution is -0.0172. The molecule has 0 bridgehead atoms. The van der Waals surface area contributed by atoms with Crippen molar-refractivity contribution in [1.82, 2.24) is 15.5 Å². The van der Waals surface area contributed by atoms with Gasteiger partial charge in [0.2, 0.25) is 0 Å². The van der Waals surface area contributed by atoms with Gasteiger partial charge in [-0.15, -0.1) is 0 Å². The SMILES string of the molecule is Fc1cc(CCNCc2cc(-c3ccccc3)n[nH]2)c2c(c1)COCO2. The zero-order valence-electron chi connectivity index (χ0n) is 14.3. The second-order valence-electron chi connectivity index (χ2n) is 6.24. The Labute approximate surface area is 151 Å². The molecule has 1 aromatic heterocycles. The maximum atomic E-state index is 13.7. The molecule has 1 aliphatic heterocycles. The second kappa shape index (κ2) is 7.68. The summed E-state index contributed by atoms with van der Waals surface area (Å²) in [5.74, 6) is 0.501. The monoisotopic (exact) mass is 353 g/mol. The Morgan fingerprint density at radius 1 is 1.15 bits per heavy atom. The number of H-pyrrole nitrogens is 1. The normalized spacial score (nSPS) is 13.3. The van der Waals surface area contributed by atoms with Crippen LogP contribution in [0.4, 0.5) is 4.39 Å². The van der Waals surface area contributed by atoms with Crippen molar-refractivity contribution >= 4 is 0 Å². The summed E-state index contributed by atoms with van der Waals surface area (Å²) in [6.07, 6.45) is 0.680. The van der Waals surface area contributed by atoms with Crippen molar-refractivity contribution in [3.63, 3.8) is 0 Å². The van der Waals surface area contributed by atoms with Crippen molar-refractivity contribution in [2.45, 2.75) is 19.6 Å². The number of rotatable bonds is 6. The van der Waals surface area contributed by atoms with E-state index in [9.17, 15) is 4.39 Å². The number of benzene rings is 2. The molecule has 2 heterocycles. The van der Waals surface area contributed by atoms with Gasteiger partial charge in [-0.1, -0.05) is 30.3 Å². The van der Waals surface area contributed by atoms with Gasteiger partial charge >= 0.3 is 0 Å². The molecule has 0 saturated heterocycles. The second-order valence-corrected chi connectivity index (χ2v) is 6.24. The van der Waals surface area contributed by atoms with Crippen molar-refractivity contribution in [2.24, 2.45) is 0 Å². The van der Waals surface area contributed by atoms with Crippen molar-refractivity contribution in [3.8, 4) is 17.0 Å². The Morgan fingerprint density at radius 3 is 2.92 bits per heavy atom. The Kier molecular flexibility index (Phi) is 4.95. The smallest absolute Gasteiger partial charge is 0.189 e. The standard InChI is InChI=1S/C20H20FN3O2/c21-17-8-15(20-16(9-17)12-25-13-26-20)6-7-22-11-18-10-19(24-23-18)14-4-2-1-3-5-14/h1-5,8-10,22H,6-7,11-13H2,(H,23,24). The highest BCUT2D eigenvalue weighted by atomic mass is 19.1. The van der Waals surface area contributed by atoms with Gasteiger partial charge in [-0.2, -0.15) is 5.10 Å². The molecule has 0 aliphatic carbocycles. The molecule has 0 amide bonds. The van der Waals surface area contributed by atoms with Crippen LogP contribution >= 0.6 is 0 Å². The van der Waals surface area contributed by atoms with Gasteiger partial charge in [-0.05, 0) is 36.7 Å². The van der Waals surface area contributed by atoms with Crippen LogP contribution in [0.5, 0.6) is 5.75 Å². The average Bonchev–Trinajstić information content (AvgIpc) is 3.15. The fourth-order valence-corrected chi connectivity index (χ4v) is 3.10. The number of fused-ring (bicyclic) bond motifs is 1. The number of hydrogen-bond acceptors (Lipinski definition) is 4. The van der Waals surface area contributed by atoms with Crippen LogP contribution in [-0.2, 0) is 24.3 Å². The summed E-state index contributed by atoms with van der Waals surface area (Å²) in [5, 5.41) is 10.8. The molecule has 0 radical (unpaired) electrons. The van der Waals surface area contributed by atoms with Crippen molar-refractivity contribution in [1.29, 1.82) is 0 Å². The molecule has 2 N–H and O–H groups in total. The molecule has 2 aromatic carbocycles. The van der Waals surface area contributed by atoms with Crippen molar-refractivity contribution in [3.05, 3.63) is 71.2 Å². The summed E-state index contributed by atoms with van der Waals surface area (Å²) in [6, 6.07) is 15.1. The van der Waals surface area contributed by atoms with E-state index in [1.54, 1.807) is 0 Å². The molecule has 0 unspecified atom stereocenters. The van der Waals surface area contributed by atoms with Crippen LogP contribution in [0.3, 0.4) is 0 Å². The molecular formula is C20H20FN3O2. The first-order valence-electron chi connectivity index (χ1n) is 8.62. The quantitative estimate of drug-likeness (QED) is 0.667. The van der Waals surface area contributed by atoms with Crippen LogP contribution < -0.4 is 10.1 Å². The minimum atomic E-state index is -0.256. The van der Waals surface area contributed by atoms with E-state index in [1.807, 2.05) is 36.4 Å². The first-order chi connectivity index (χ1) is 12.8. The van der Waals surface area contributed by atoms with E-state index in [0.717, 1.165) is 33.8 Å². The highest BCUT2D eigenvalue weighted by Crippen LogP contribution is 2.29. The van der Waals surface area contributed by atoms with Gasteiger partial charge < -0.3 is 14.8 Å². The van der Waals surface area contributed by atoms with Gasteiger partial charge in [0.1, 0.15) is 11.6 Å². The van der Waals surface area contributed by atoms with Crippen molar-refractivity contribution in [2.75, 3.05) is 13.3 Å². The minimum Gasteiger partial charge on any atom is -0.467 e. The molecule has 6 heteroatoms. The third-order valence-corrected chi connectivity index (χ3v) is 4.34. The van der Waals surface area contributed by atoms with Gasteiger partial charge in [0.15, 0.2) is 6.79 Å². The number of aromatic nitrogens is 2. The largest absolute Gasteiger partial charge is 0.467 e. The van der Waals surface area contributed by atoms with Gasteiger partial charge in [-0.25, -0.2) is 4.39 Å². The summed E-state index contributed by atoms with van der Waals surface area (Å²) in [6.45, 7) is 1.99. The number of ether oxygens (including phenoxy) is 2. The van der Waals surface area contributed by atoms with E-state index in [2.05, 4.69) is 15.5 Å². The lowest BCUT2D eigenvalue weighted by Gasteiger charge is -2.20. The Hall–Kier alpha value is -2.70. The van der Waals surface area contributed by atoms with E-state index < -0.39 is 0 Å². The average molecular weight is 353 g/mol. The van der Waals surface area contributed by atoms with E-state index in [1.165, 1.54) is 12.1 Å². The topological polar surface area (TPSA) is 59.2 Å². The molecular weight excluding hydrogens is 333 g/mol. The zero-order chi connectivity index (χ0) is 17.8. The van der Waals surface area contributed by atoms with E-state index in [-0.39, 0.29) is 12.6 Å². The fraction of sp³-hybridized carbons (Fsp3) is 0.250. The van der Waals surface area contributed by atoms with Crippen LogP contribution in [-0.4, -0.2) is 23.5 Å². The molecule has 1 aliphatic rings. The summed E-state index contributed by atoms with van der Waals surface area (Å²) in [5.41, 5.74) is 4.66. The Balaban J connectivity index is 1.34. The lowest BCUT2D eigenvalue weighted by Crippen LogP contribution is -2.19. The maximum Gasteiger partial charge on any atom is 0.189 e. The molecule has 0 spiro atoms. The van der Waals surface area contributed by atoms with Crippen molar-refractivity contribution < 1.29 is 13.9 Å². The summed E-state index contributed by atoms with van der Waals surface area (Å²) >= 11 is 0. The molecule has 4 rings (SSSR count). The van der Waals surface area contributed by atoms with Gasteiger partial charge in [0, 0.05) is 23.4 Å². The predicted octanol–water partition coefficient (Wildman–Crippen LogP) is 3.41. The Morgan fingerprint density at radius 2 is 2.04 bits per heavy atom. The molecule has 26 heavy (non-hydrogen) atoms. The van der Waals surface area contributed by atoms with E-state index in [4.69, 9.17) is 9.47 Å². The van der Waals surface area contributed by atoms with Gasteiger partial charge in [0.25, 0.3) is 0 Å². The van der Waals surface area contributed by atoms with Crippen LogP contribution in [0.25, 0.3) is 11.3 Å². The van der Waals surface area contributed by atoms with E-state index >= 15 is 0 Å². The molecule has 0 atom stereocenters. The third kappa shape index (κ3) is 3.76. The number of hydrogen-bond donors (Lipinski definition) is 2. The molecule has 3 aromatic rings. The third-order valence-electron chi connectivity index (χ3n) is 4.34. The number of aromatic amines is 1. The molecule has 0 fully saturated rings. The minimum absolute atomic E-state index is 0.218. The molecule has 134 valence electrons. The van der Waals surface area contributed by atoms with Crippen LogP contribution in [0.15, 0.2) is 48.5 Å². The lowest BCUT2D eigenvalue weighted by atomic mass is 10.1. The first kappa shape index (κ1) is 16.8. The summed E-state index contributed by atoms with van der Waals surface area (Å²) in [4.78, 5) is 0. The highest BCUT2D eigenvalue weighted by molar-refractivity contribution is 5.58. The number of nitrogens with zero attached hydrogens (tertiary/aromatic N) is 1. The first-order valence-corrected chi connectivity index (χ1v) is 8.62. The maximum absolute atomic E-state index is 13.7. The predicted molar refractivity (Wildman–Crippen MR) is 96.1 cm³/mol. The number of halogens is 1. The Bertz CT molecular complexity index is 880.